The number of allylic oxidation sites excluding steroid dienone is 2. The Bertz CT molecular complexity index is 774. The molecule has 0 bridgehead atoms. The highest BCUT2D eigenvalue weighted by molar-refractivity contribution is 6.06. The summed E-state index contributed by atoms with van der Waals surface area (Å²) >= 11 is 0. The van der Waals surface area contributed by atoms with Crippen molar-refractivity contribution >= 4 is 11.5 Å². The van der Waals surface area contributed by atoms with Crippen LogP contribution >= 0.6 is 0 Å². The molecule has 133 valence electrons. The van der Waals surface area contributed by atoms with Gasteiger partial charge in [-0.3, -0.25) is 9.80 Å². The second-order valence-electron chi connectivity index (χ2n) is 7.06. The highest BCUT2D eigenvalue weighted by Gasteiger charge is 2.46. The van der Waals surface area contributed by atoms with E-state index in [0.717, 1.165) is 30.0 Å². The lowest BCUT2D eigenvalue weighted by Crippen LogP contribution is -2.39. The van der Waals surface area contributed by atoms with E-state index < -0.39 is 0 Å². The minimum absolute atomic E-state index is 0.0453. The standard InChI is InChI=1S/C22H23N2O2/c1-14(12-15(2)25)24-22(16-6-4-5-7-16)20-10-8-17-13-18(26-3)9-11-19(17)21(20)23-24/h4-7,9,11-13,20,22H,8,10H2,1-3H3/b14-12+. The molecule has 0 aromatic heterocycles. The molecule has 0 spiro atoms. The van der Waals surface area contributed by atoms with E-state index in [1.165, 1.54) is 17.0 Å². The van der Waals surface area contributed by atoms with Gasteiger partial charge in [-0.15, -0.1) is 0 Å². The number of hydrogen-bond donors (Lipinski definition) is 0. The summed E-state index contributed by atoms with van der Waals surface area (Å²) in [6.45, 7) is 3.55. The summed E-state index contributed by atoms with van der Waals surface area (Å²) in [5.74, 6) is 2.51. The van der Waals surface area contributed by atoms with Crippen molar-refractivity contribution in [2.45, 2.75) is 32.7 Å². The predicted molar refractivity (Wildman–Crippen MR) is 102 cm³/mol. The van der Waals surface area contributed by atoms with E-state index in [1.54, 1.807) is 20.1 Å². The smallest absolute Gasteiger partial charge is 0.154 e. The van der Waals surface area contributed by atoms with Gasteiger partial charge in [0.2, 0.25) is 0 Å². The molecule has 1 fully saturated rings. The summed E-state index contributed by atoms with van der Waals surface area (Å²) < 4.78 is 5.38. The monoisotopic (exact) mass is 347 g/mol. The number of hydrogen-bond acceptors (Lipinski definition) is 4. The molecule has 3 aliphatic rings. The molecule has 26 heavy (non-hydrogen) atoms. The fourth-order valence-corrected chi connectivity index (χ4v) is 4.20. The molecular formula is C22H23N2O2. The Kier molecular flexibility index (Phi) is 4.60. The molecule has 1 aromatic carbocycles. The van der Waals surface area contributed by atoms with Gasteiger partial charge in [0.15, 0.2) is 5.78 Å². The maximum Gasteiger partial charge on any atom is 0.154 e. The summed E-state index contributed by atoms with van der Waals surface area (Å²) in [6, 6.07) is 6.38. The number of methoxy groups -OCH3 is 1. The van der Waals surface area contributed by atoms with Crippen LogP contribution in [0.4, 0.5) is 0 Å². The first-order chi connectivity index (χ1) is 12.6. The number of ketones is 1. The van der Waals surface area contributed by atoms with Gasteiger partial charge in [-0.1, -0.05) is 0 Å². The Morgan fingerprint density at radius 1 is 1.27 bits per heavy atom. The van der Waals surface area contributed by atoms with Gasteiger partial charge in [-0.25, -0.2) is 0 Å². The molecular weight excluding hydrogens is 324 g/mol. The number of benzene rings is 1. The Morgan fingerprint density at radius 2 is 2.04 bits per heavy atom. The fraction of sp³-hybridized carbons (Fsp3) is 0.318. The van der Waals surface area contributed by atoms with Crippen LogP contribution in [0.1, 0.15) is 31.4 Å². The average molecular weight is 347 g/mol. The summed E-state index contributed by atoms with van der Waals surface area (Å²) in [7, 11) is 1.70. The lowest BCUT2D eigenvalue weighted by Gasteiger charge is -2.34. The first kappa shape index (κ1) is 17.3. The van der Waals surface area contributed by atoms with Crippen LogP contribution in [0.25, 0.3) is 0 Å². The van der Waals surface area contributed by atoms with Crippen molar-refractivity contribution in [2.75, 3.05) is 7.11 Å². The number of ether oxygens (including phenoxy) is 1. The van der Waals surface area contributed by atoms with Crippen LogP contribution in [-0.2, 0) is 11.2 Å². The van der Waals surface area contributed by atoms with Crippen molar-refractivity contribution in [3.63, 3.8) is 0 Å². The SMILES string of the molecule is COc1ccc2c(c1)CCC1C2=NN(/C(C)=C/C(C)=O)C1[C]1[CH][CH][CH][CH]1. The van der Waals surface area contributed by atoms with Crippen molar-refractivity contribution in [3.05, 3.63) is 72.7 Å². The number of hydrazone groups is 1. The highest BCUT2D eigenvalue weighted by Crippen LogP contribution is 2.44. The lowest BCUT2D eigenvalue weighted by molar-refractivity contribution is -0.112. The van der Waals surface area contributed by atoms with Gasteiger partial charge < -0.3 is 4.74 Å². The molecule has 4 heteroatoms. The average Bonchev–Trinajstić information content (AvgIpc) is 3.27. The number of nitrogens with zero attached hydrogens (tertiary/aromatic N) is 2. The first-order valence-electron chi connectivity index (χ1n) is 9.04. The molecule has 2 unspecified atom stereocenters. The minimum atomic E-state index is 0.0453. The molecule has 2 atom stereocenters. The molecule has 0 amide bonds. The van der Waals surface area contributed by atoms with Crippen LogP contribution < -0.4 is 4.74 Å². The molecule has 2 aliphatic carbocycles. The molecule has 0 saturated heterocycles. The normalized spacial score (nSPS) is 25.7. The second-order valence-corrected chi connectivity index (χ2v) is 7.06. The van der Waals surface area contributed by atoms with Crippen molar-refractivity contribution in [2.24, 2.45) is 11.0 Å². The quantitative estimate of drug-likeness (QED) is 0.782. The Hall–Kier alpha value is -2.10. The maximum absolute atomic E-state index is 11.6. The van der Waals surface area contributed by atoms with Crippen molar-refractivity contribution in [1.29, 1.82) is 0 Å². The molecule has 4 nitrogen and oxygen atoms in total. The number of aryl methyl sites for hydroxylation is 1. The molecule has 1 aliphatic heterocycles. The fourth-order valence-electron chi connectivity index (χ4n) is 4.20. The van der Waals surface area contributed by atoms with E-state index in [2.05, 4.69) is 37.8 Å². The molecule has 4 rings (SSSR count). The summed E-state index contributed by atoms with van der Waals surface area (Å²) in [6.07, 6.45) is 12.2. The zero-order chi connectivity index (χ0) is 18.3. The molecule has 1 heterocycles. The van der Waals surface area contributed by atoms with Crippen LogP contribution in [0, 0.1) is 37.5 Å². The van der Waals surface area contributed by atoms with E-state index in [4.69, 9.17) is 9.84 Å². The van der Waals surface area contributed by atoms with Gasteiger partial charge in [-0.2, -0.15) is 5.10 Å². The van der Waals surface area contributed by atoms with Crippen LogP contribution in [0.2, 0.25) is 0 Å². The number of fused-ring (bicyclic) bond motifs is 3. The van der Waals surface area contributed by atoms with E-state index in [-0.39, 0.29) is 11.8 Å². The van der Waals surface area contributed by atoms with E-state index >= 15 is 0 Å². The summed E-state index contributed by atoms with van der Waals surface area (Å²) in [5, 5.41) is 7.02. The topological polar surface area (TPSA) is 41.9 Å². The number of carbonyl (C=O) groups excluding carboxylic acids is 1. The van der Waals surface area contributed by atoms with Crippen molar-refractivity contribution in [1.82, 2.24) is 5.01 Å². The van der Waals surface area contributed by atoms with Crippen molar-refractivity contribution < 1.29 is 9.53 Å². The third kappa shape index (κ3) is 2.95. The van der Waals surface area contributed by atoms with Gasteiger partial charge in [0.25, 0.3) is 0 Å². The van der Waals surface area contributed by atoms with Gasteiger partial charge in [0.05, 0.1) is 18.9 Å². The highest BCUT2D eigenvalue weighted by atomic mass is 16.5. The van der Waals surface area contributed by atoms with Crippen LogP contribution in [0.5, 0.6) is 5.75 Å². The largest absolute Gasteiger partial charge is 0.497 e. The Balaban J connectivity index is 1.75. The third-order valence-electron chi connectivity index (χ3n) is 5.33. The molecule has 0 N–H and O–H groups in total. The Morgan fingerprint density at radius 3 is 2.73 bits per heavy atom. The van der Waals surface area contributed by atoms with E-state index in [1.807, 2.05) is 18.0 Å². The van der Waals surface area contributed by atoms with Gasteiger partial charge in [0, 0.05) is 29.2 Å². The first-order valence-corrected chi connectivity index (χ1v) is 9.04. The van der Waals surface area contributed by atoms with Crippen LogP contribution in [-0.4, -0.2) is 29.7 Å². The van der Waals surface area contributed by atoms with E-state index in [0.29, 0.717) is 5.92 Å². The number of carbonyl (C=O) groups is 1. The minimum Gasteiger partial charge on any atom is -0.497 e. The summed E-state index contributed by atoms with van der Waals surface area (Å²) in [4.78, 5) is 11.6. The van der Waals surface area contributed by atoms with E-state index in [9.17, 15) is 4.79 Å². The lowest BCUT2D eigenvalue weighted by atomic mass is 9.75. The molecule has 5 radical (unpaired) electrons. The van der Waals surface area contributed by atoms with Crippen LogP contribution in [0.3, 0.4) is 0 Å². The third-order valence-corrected chi connectivity index (χ3v) is 5.33. The summed E-state index contributed by atoms with van der Waals surface area (Å²) in [5.41, 5.74) is 4.50. The van der Waals surface area contributed by atoms with Gasteiger partial charge >= 0.3 is 0 Å². The second kappa shape index (κ2) is 6.90. The van der Waals surface area contributed by atoms with Crippen LogP contribution in [0.15, 0.2) is 35.1 Å². The maximum atomic E-state index is 11.6. The molecule has 1 saturated carbocycles. The van der Waals surface area contributed by atoms with Gasteiger partial charge in [-0.05, 0) is 76.1 Å². The Labute approximate surface area is 155 Å². The number of rotatable bonds is 4. The zero-order valence-electron chi connectivity index (χ0n) is 15.4. The molecule has 1 aromatic rings. The van der Waals surface area contributed by atoms with Crippen molar-refractivity contribution in [3.8, 4) is 5.75 Å². The zero-order valence-corrected chi connectivity index (χ0v) is 15.4. The van der Waals surface area contributed by atoms with Gasteiger partial charge in [0.1, 0.15) is 5.75 Å². The predicted octanol–water partition coefficient (Wildman–Crippen LogP) is 3.54.